The van der Waals surface area contributed by atoms with Crippen LogP contribution in [0, 0.1) is 11.6 Å². The van der Waals surface area contributed by atoms with E-state index < -0.39 is 27.6 Å². The van der Waals surface area contributed by atoms with Gasteiger partial charge in [0.05, 0.1) is 12.2 Å². The van der Waals surface area contributed by atoms with Gasteiger partial charge in [0.2, 0.25) is 5.96 Å². The Hall–Kier alpha value is -3.78. The molecule has 0 aliphatic carbocycles. The van der Waals surface area contributed by atoms with Crippen molar-refractivity contribution in [1.82, 2.24) is 4.72 Å². The maximum Gasteiger partial charge on any atom is 0.266 e. The first-order chi connectivity index (χ1) is 16.3. The lowest BCUT2D eigenvalue weighted by Crippen LogP contribution is -2.41. The van der Waals surface area contributed by atoms with Crippen LogP contribution in [0.25, 0.3) is 10.8 Å². The van der Waals surface area contributed by atoms with Gasteiger partial charge < -0.3 is 5.32 Å². The topological polar surface area (TPSA) is 70.6 Å². The number of benzene rings is 4. The zero-order valence-electron chi connectivity index (χ0n) is 18.2. The lowest BCUT2D eigenvalue weighted by atomic mass is 9.91. The fourth-order valence-electron chi connectivity index (χ4n) is 4.24. The molecule has 0 radical (unpaired) electrons. The number of nitrogens with zero attached hydrogens (tertiary/aromatic N) is 1. The number of aliphatic imine (C=N–C) groups is 1. The van der Waals surface area contributed by atoms with Gasteiger partial charge in [-0.15, -0.1) is 0 Å². The fourth-order valence-corrected chi connectivity index (χ4v) is 5.39. The molecule has 0 saturated carbocycles. The van der Waals surface area contributed by atoms with E-state index >= 15 is 4.39 Å². The second-order valence-corrected chi connectivity index (χ2v) is 9.81. The van der Waals surface area contributed by atoms with Crippen LogP contribution in [0.5, 0.6) is 0 Å². The molecule has 1 aliphatic rings. The number of sulfonamides is 1. The summed E-state index contributed by atoms with van der Waals surface area (Å²) in [6, 6.07) is 22.1. The standard InChI is InChI=1S/C26H21F2N3O2S/c1-16(20-8-4-5-9-21(20)27)24-22(28)12-13-23-25(24)30-26(31-34(23,32)33)29-15-17-10-11-18-6-2-3-7-19(18)14-17/h2-14,16H,15H2,1H3,(H2,29,30,31). The molecule has 5 nitrogen and oxygen atoms in total. The van der Waals surface area contributed by atoms with Crippen LogP contribution >= 0.6 is 0 Å². The summed E-state index contributed by atoms with van der Waals surface area (Å²) in [5, 5.41) is 5.07. The lowest BCUT2D eigenvalue weighted by Gasteiger charge is -2.26. The van der Waals surface area contributed by atoms with Crippen LogP contribution in [0.15, 0.2) is 88.8 Å². The van der Waals surface area contributed by atoms with E-state index in [0.717, 1.165) is 22.4 Å². The molecular formula is C26H21F2N3O2S. The Bertz CT molecular complexity index is 1550. The van der Waals surface area contributed by atoms with Crippen molar-refractivity contribution in [3.8, 4) is 0 Å². The third-order valence-corrected chi connectivity index (χ3v) is 7.34. The van der Waals surface area contributed by atoms with Gasteiger partial charge in [0.1, 0.15) is 16.5 Å². The van der Waals surface area contributed by atoms with Crippen molar-refractivity contribution >= 4 is 32.4 Å². The molecule has 34 heavy (non-hydrogen) atoms. The van der Waals surface area contributed by atoms with Crippen LogP contribution in [0.4, 0.5) is 14.5 Å². The van der Waals surface area contributed by atoms with Gasteiger partial charge in [0.25, 0.3) is 10.0 Å². The molecule has 0 spiro atoms. The maximum atomic E-state index is 15.0. The quantitative estimate of drug-likeness (QED) is 0.406. The number of hydrogen-bond acceptors (Lipinski definition) is 3. The summed E-state index contributed by atoms with van der Waals surface area (Å²) >= 11 is 0. The van der Waals surface area contributed by atoms with Crippen LogP contribution in [0.3, 0.4) is 0 Å². The van der Waals surface area contributed by atoms with Gasteiger partial charge in [0, 0.05) is 11.5 Å². The average molecular weight is 478 g/mol. The van der Waals surface area contributed by atoms with E-state index in [0.29, 0.717) is 0 Å². The summed E-state index contributed by atoms with van der Waals surface area (Å²) in [5.74, 6) is -1.88. The Labute approximate surface area is 196 Å². The predicted octanol–water partition coefficient (Wildman–Crippen LogP) is 5.53. The molecule has 1 aliphatic heterocycles. The molecule has 8 heteroatoms. The zero-order chi connectivity index (χ0) is 23.9. The minimum absolute atomic E-state index is 0.0201. The molecule has 1 unspecified atom stereocenters. The molecule has 2 N–H and O–H groups in total. The minimum Gasteiger partial charge on any atom is -0.324 e. The van der Waals surface area contributed by atoms with E-state index in [2.05, 4.69) is 15.0 Å². The molecule has 0 saturated heterocycles. The molecule has 0 aromatic heterocycles. The number of anilines is 1. The summed E-state index contributed by atoms with van der Waals surface area (Å²) in [4.78, 5) is 4.28. The largest absolute Gasteiger partial charge is 0.324 e. The number of hydrogen-bond donors (Lipinski definition) is 2. The predicted molar refractivity (Wildman–Crippen MR) is 129 cm³/mol. The number of rotatable bonds is 4. The van der Waals surface area contributed by atoms with Crippen molar-refractivity contribution in [1.29, 1.82) is 0 Å². The first kappa shape index (κ1) is 22.0. The van der Waals surface area contributed by atoms with Crippen LogP contribution in [0.1, 0.15) is 29.5 Å². The Morgan fingerprint density at radius 3 is 2.41 bits per heavy atom. The fraction of sp³-hybridized carbons (Fsp3) is 0.115. The van der Waals surface area contributed by atoms with Crippen LogP contribution in [0.2, 0.25) is 0 Å². The van der Waals surface area contributed by atoms with E-state index in [1.807, 2.05) is 42.5 Å². The monoisotopic (exact) mass is 477 g/mol. The van der Waals surface area contributed by atoms with E-state index in [9.17, 15) is 12.8 Å². The van der Waals surface area contributed by atoms with Crippen molar-refractivity contribution in [3.63, 3.8) is 0 Å². The van der Waals surface area contributed by atoms with Crippen molar-refractivity contribution < 1.29 is 17.2 Å². The zero-order valence-corrected chi connectivity index (χ0v) is 19.0. The highest BCUT2D eigenvalue weighted by Crippen LogP contribution is 2.38. The highest BCUT2D eigenvalue weighted by Gasteiger charge is 2.32. The second kappa shape index (κ2) is 8.53. The molecule has 1 atom stereocenters. The Morgan fingerprint density at radius 1 is 0.882 bits per heavy atom. The number of halogens is 2. The molecule has 4 aromatic rings. The minimum atomic E-state index is -4.00. The summed E-state index contributed by atoms with van der Waals surface area (Å²) in [5.41, 5.74) is 1.28. The smallest absolute Gasteiger partial charge is 0.266 e. The second-order valence-electron chi connectivity index (χ2n) is 8.15. The molecular weight excluding hydrogens is 456 g/mol. The summed E-state index contributed by atoms with van der Waals surface area (Å²) in [6.07, 6.45) is 0. The SMILES string of the molecule is CC(c1ccccc1F)c1c(F)ccc2c1NC(=NCc1ccc3ccccc3c1)NS2(=O)=O. The highest BCUT2D eigenvalue weighted by atomic mass is 32.2. The highest BCUT2D eigenvalue weighted by molar-refractivity contribution is 7.90. The molecule has 1 heterocycles. The van der Waals surface area contributed by atoms with Gasteiger partial charge in [-0.2, -0.15) is 0 Å². The van der Waals surface area contributed by atoms with E-state index in [1.54, 1.807) is 25.1 Å². The first-order valence-corrected chi connectivity index (χ1v) is 12.2. The normalized spacial score (nSPS) is 16.5. The Morgan fingerprint density at radius 2 is 1.62 bits per heavy atom. The third-order valence-electron chi connectivity index (χ3n) is 5.96. The van der Waals surface area contributed by atoms with Gasteiger partial charge in [-0.25, -0.2) is 26.9 Å². The Kier molecular flexibility index (Phi) is 5.53. The van der Waals surface area contributed by atoms with Crippen LogP contribution in [-0.4, -0.2) is 14.4 Å². The van der Waals surface area contributed by atoms with E-state index in [-0.39, 0.29) is 34.2 Å². The van der Waals surface area contributed by atoms with E-state index in [4.69, 9.17) is 0 Å². The first-order valence-electron chi connectivity index (χ1n) is 10.7. The van der Waals surface area contributed by atoms with Crippen molar-refractivity contribution in [3.05, 3.63) is 107 Å². The van der Waals surface area contributed by atoms with Crippen molar-refractivity contribution in [2.24, 2.45) is 4.99 Å². The van der Waals surface area contributed by atoms with Gasteiger partial charge in [-0.05, 0) is 46.2 Å². The molecule has 172 valence electrons. The summed E-state index contributed by atoms with van der Waals surface area (Å²) < 4.78 is 57.7. The molecule has 0 amide bonds. The molecule has 0 bridgehead atoms. The van der Waals surface area contributed by atoms with Crippen LogP contribution in [-0.2, 0) is 16.6 Å². The third kappa shape index (κ3) is 4.01. The summed E-state index contributed by atoms with van der Waals surface area (Å²) in [7, 11) is -4.00. The average Bonchev–Trinajstić information content (AvgIpc) is 2.82. The van der Waals surface area contributed by atoms with Crippen molar-refractivity contribution in [2.75, 3.05) is 5.32 Å². The van der Waals surface area contributed by atoms with Gasteiger partial charge in [0.15, 0.2) is 0 Å². The summed E-state index contributed by atoms with van der Waals surface area (Å²) in [6.45, 7) is 1.85. The van der Waals surface area contributed by atoms with Gasteiger partial charge >= 0.3 is 0 Å². The molecule has 0 fully saturated rings. The van der Waals surface area contributed by atoms with E-state index in [1.165, 1.54) is 12.1 Å². The van der Waals surface area contributed by atoms with Gasteiger partial charge in [-0.1, -0.05) is 61.5 Å². The molecule has 4 aromatic carbocycles. The maximum absolute atomic E-state index is 15.0. The lowest BCUT2D eigenvalue weighted by molar-refractivity contribution is 0.577. The number of fused-ring (bicyclic) bond motifs is 2. The Balaban J connectivity index is 1.53. The van der Waals surface area contributed by atoms with Gasteiger partial charge in [-0.3, -0.25) is 0 Å². The molecule has 5 rings (SSSR count). The number of nitrogens with one attached hydrogen (secondary N) is 2. The number of guanidine groups is 1. The van der Waals surface area contributed by atoms with Crippen molar-refractivity contribution in [2.45, 2.75) is 24.3 Å². The van der Waals surface area contributed by atoms with Crippen LogP contribution < -0.4 is 10.0 Å².